The zero-order valence-electron chi connectivity index (χ0n) is 8.44. The van der Waals surface area contributed by atoms with E-state index < -0.39 is 0 Å². The van der Waals surface area contributed by atoms with Crippen molar-refractivity contribution in [2.45, 2.75) is 19.4 Å². The lowest BCUT2D eigenvalue weighted by atomic mass is 9.99. The number of nitrogens with one attached hydrogen (secondary N) is 1. The summed E-state index contributed by atoms with van der Waals surface area (Å²) >= 11 is 0. The van der Waals surface area contributed by atoms with Gasteiger partial charge < -0.3 is 9.88 Å². The number of rotatable bonds is 2. The summed E-state index contributed by atoms with van der Waals surface area (Å²) < 4.78 is 0. The summed E-state index contributed by atoms with van der Waals surface area (Å²) in [6, 6.07) is 4.18. The molecule has 1 aliphatic rings. The van der Waals surface area contributed by atoms with Crippen molar-refractivity contribution in [3.8, 4) is 6.07 Å². The quantitative estimate of drug-likeness (QED) is 0.787. The number of aromatic amines is 1. The van der Waals surface area contributed by atoms with Crippen LogP contribution in [0.4, 0.5) is 0 Å². The number of likely N-dealkylation sites (tertiary alicyclic amines) is 1. The lowest BCUT2D eigenvalue weighted by molar-refractivity contribution is -0.134. The Morgan fingerprint density at radius 1 is 1.67 bits per heavy atom. The molecule has 1 fully saturated rings. The molecule has 0 aromatic carbocycles. The molecular weight excluding hydrogens is 190 g/mol. The van der Waals surface area contributed by atoms with Gasteiger partial charge in [-0.05, 0) is 18.1 Å². The summed E-state index contributed by atoms with van der Waals surface area (Å²) in [5.41, 5.74) is 1.09. The van der Waals surface area contributed by atoms with Crippen LogP contribution in [0.2, 0.25) is 0 Å². The molecule has 1 aromatic heterocycles. The Labute approximate surface area is 88.5 Å². The Morgan fingerprint density at radius 3 is 3.20 bits per heavy atom. The van der Waals surface area contributed by atoms with Crippen LogP contribution in [-0.4, -0.2) is 22.3 Å². The number of nitrogens with zero attached hydrogens (tertiary/aromatic N) is 2. The maximum Gasteiger partial charge on any atom is 0.222 e. The standard InChI is InChI=1S/C11H13N3O/c12-5-9-1-2-11(15)14(7-9)8-10-3-4-13-6-10/h3-4,6,9,13H,1-2,7-8H2. The van der Waals surface area contributed by atoms with Crippen LogP contribution in [0.5, 0.6) is 0 Å². The first kappa shape index (κ1) is 9.78. The van der Waals surface area contributed by atoms with Gasteiger partial charge >= 0.3 is 0 Å². The second-order valence-corrected chi connectivity index (χ2v) is 3.86. The van der Waals surface area contributed by atoms with Gasteiger partial charge in [-0.3, -0.25) is 4.79 Å². The van der Waals surface area contributed by atoms with Crippen molar-refractivity contribution in [3.05, 3.63) is 24.0 Å². The normalized spacial score (nSPS) is 21.4. The molecule has 1 aliphatic heterocycles. The van der Waals surface area contributed by atoms with E-state index in [-0.39, 0.29) is 11.8 Å². The van der Waals surface area contributed by atoms with Crippen LogP contribution in [0.25, 0.3) is 0 Å². The van der Waals surface area contributed by atoms with Crippen molar-refractivity contribution >= 4 is 5.91 Å². The number of hydrogen-bond donors (Lipinski definition) is 1. The molecule has 4 nitrogen and oxygen atoms in total. The van der Waals surface area contributed by atoms with Gasteiger partial charge in [0.25, 0.3) is 0 Å². The van der Waals surface area contributed by atoms with E-state index >= 15 is 0 Å². The molecule has 1 aromatic rings. The van der Waals surface area contributed by atoms with Gasteiger partial charge in [-0.25, -0.2) is 0 Å². The topological polar surface area (TPSA) is 59.9 Å². The van der Waals surface area contributed by atoms with Gasteiger partial charge in [0.05, 0.1) is 12.0 Å². The summed E-state index contributed by atoms with van der Waals surface area (Å²) in [6.07, 6.45) is 4.93. The maximum absolute atomic E-state index is 11.6. The summed E-state index contributed by atoms with van der Waals surface area (Å²) in [5.74, 6) is 0.157. The Hall–Kier alpha value is -1.76. The fourth-order valence-corrected chi connectivity index (χ4v) is 1.85. The molecule has 2 rings (SSSR count). The van der Waals surface area contributed by atoms with E-state index in [4.69, 9.17) is 5.26 Å². The molecule has 0 spiro atoms. The van der Waals surface area contributed by atoms with Crippen LogP contribution in [-0.2, 0) is 11.3 Å². The molecule has 1 N–H and O–H groups in total. The van der Waals surface area contributed by atoms with Crippen LogP contribution in [0.3, 0.4) is 0 Å². The second-order valence-electron chi connectivity index (χ2n) is 3.86. The van der Waals surface area contributed by atoms with Gasteiger partial charge in [0, 0.05) is 31.9 Å². The number of amides is 1. The molecule has 15 heavy (non-hydrogen) atoms. The average molecular weight is 203 g/mol. The first-order valence-corrected chi connectivity index (χ1v) is 5.08. The van der Waals surface area contributed by atoms with Crippen LogP contribution < -0.4 is 0 Å². The fourth-order valence-electron chi connectivity index (χ4n) is 1.85. The monoisotopic (exact) mass is 203 g/mol. The predicted octanol–water partition coefficient (Wildman–Crippen LogP) is 1.28. The number of carbonyl (C=O) groups is 1. The molecule has 0 radical (unpaired) electrons. The molecule has 0 bridgehead atoms. The van der Waals surface area contributed by atoms with E-state index in [9.17, 15) is 4.79 Å². The summed E-state index contributed by atoms with van der Waals surface area (Å²) in [6.45, 7) is 1.18. The number of aromatic nitrogens is 1. The van der Waals surface area contributed by atoms with Gasteiger partial charge in [-0.15, -0.1) is 0 Å². The minimum Gasteiger partial charge on any atom is -0.367 e. The van der Waals surface area contributed by atoms with Gasteiger partial charge in [-0.2, -0.15) is 5.26 Å². The Balaban J connectivity index is 2.01. The van der Waals surface area contributed by atoms with E-state index in [1.165, 1.54) is 0 Å². The smallest absolute Gasteiger partial charge is 0.222 e. The molecular formula is C11H13N3O. The lowest BCUT2D eigenvalue weighted by Crippen LogP contribution is -2.38. The fraction of sp³-hybridized carbons (Fsp3) is 0.455. The Kier molecular flexibility index (Phi) is 2.72. The molecule has 1 unspecified atom stereocenters. The summed E-state index contributed by atoms with van der Waals surface area (Å²) in [7, 11) is 0. The molecule has 1 atom stereocenters. The van der Waals surface area contributed by atoms with Crippen LogP contribution in [0.1, 0.15) is 18.4 Å². The number of H-pyrrole nitrogens is 1. The van der Waals surface area contributed by atoms with Gasteiger partial charge in [0.1, 0.15) is 0 Å². The van der Waals surface area contributed by atoms with E-state index in [0.29, 0.717) is 25.9 Å². The third kappa shape index (κ3) is 2.18. The first-order chi connectivity index (χ1) is 7.29. The van der Waals surface area contributed by atoms with E-state index in [1.54, 1.807) is 4.90 Å². The van der Waals surface area contributed by atoms with E-state index in [1.807, 2.05) is 18.5 Å². The first-order valence-electron chi connectivity index (χ1n) is 5.08. The molecule has 0 aliphatic carbocycles. The van der Waals surface area contributed by atoms with Crippen molar-refractivity contribution in [2.24, 2.45) is 5.92 Å². The van der Waals surface area contributed by atoms with Crippen molar-refractivity contribution in [2.75, 3.05) is 6.54 Å². The predicted molar refractivity (Wildman–Crippen MR) is 54.5 cm³/mol. The zero-order chi connectivity index (χ0) is 10.7. The molecule has 1 amide bonds. The van der Waals surface area contributed by atoms with Gasteiger partial charge in [-0.1, -0.05) is 0 Å². The molecule has 78 valence electrons. The Bertz CT molecular complexity index is 377. The maximum atomic E-state index is 11.6. The molecule has 0 saturated carbocycles. The van der Waals surface area contributed by atoms with Crippen LogP contribution in [0, 0.1) is 17.2 Å². The molecule has 4 heteroatoms. The number of hydrogen-bond acceptors (Lipinski definition) is 2. The zero-order valence-corrected chi connectivity index (χ0v) is 8.44. The number of nitriles is 1. The second kappa shape index (κ2) is 4.18. The van der Waals surface area contributed by atoms with Crippen molar-refractivity contribution in [1.82, 2.24) is 9.88 Å². The summed E-state index contributed by atoms with van der Waals surface area (Å²) in [4.78, 5) is 16.3. The van der Waals surface area contributed by atoms with Crippen molar-refractivity contribution < 1.29 is 4.79 Å². The van der Waals surface area contributed by atoms with Crippen molar-refractivity contribution in [3.63, 3.8) is 0 Å². The Morgan fingerprint density at radius 2 is 2.53 bits per heavy atom. The highest BCUT2D eigenvalue weighted by molar-refractivity contribution is 5.77. The SMILES string of the molecule is N#CC1CCC(=O)N(Cc2cc[nH]c2)C1. The number of piperidine rings is 1. The minimum absolute atomic E-state index is 0.00152. The highest BCUT2D eigenvalue weighted by atomic mass is 16.2. The largest absolute Gasteiger partial charge is 0.367 e. The summed E-state index contributed by atoms with van der Waals surface area (Å²) in [5, 5.41) is 8.83. The van der Waals surface area contributed by atoms with Gasteiger partial charge in [0.2, 0.25) is 5.91 Å². The molecule has 2 heterocycles. The third-order valence-electron chi connectivity index (χ3n) is 2.72. The van der Waals surface area contributed by atoms with E-state index in [2.05, 4.69) is 11.1 Å². The molecule has 1 saturated heterocycles. The van der Waals surface area contributed by atoms with Gasteiger partial charge in [0.15, 0.2) is 0 Å². The lowest BCUT2D eigenvalue weighted by Gasteiger charge is -2.29. The van der Waals surface area contributed by atoms with Crippen LogP contribution in [0.15, 0.2) is 18.5 Å². The highest BCUT2D eigenvalue weighted by Crippen LogP contribution is 2.18. The third-order valence-corrected chi connectivity index (χ3v) is 2.72. The average Bonchev–Trinajstić information content (AvgIpc) is 2.74. The van der Waals surface area contributed by atoms with Crippen molar-refractivity contribution in [1.29, 1.82) is 5.26 Å². The van der Waals surface area contributed by atoms with E-state index in [0.717, 1.165) is 5.56 Å². The number of carbonyl (C=O) groups excluding carboxylic acids is 1. The minimum atomic E-state index is 0.00152. The highest BCUT2D eigenvalue weighted by Gasteiger charge is 2.25. The van der Waals surface area contributed by atoms with Crippen LogP contribution >= 0.6 is 0 Å².